The lowest BCUT2D eigenvalue weighted by Gasteiger charge is -2.44. The van der Waals surface area contributed by atoms with Gasteiger partial charge in [0, 0.05) is 19.1 Å². The molecule has 1 fully saturated rings. The van der Waals surface area contributed by atoms with Gasteiger partial charge in [-0.3, -0.25) is 9.69 Å². The molecule has 0 spiro atoms. The lowest BCUT2D eigenvalue weighted by atomic mass is 9.87. The minimum atomic E-state index is -0.685. The average Bonchev–Trinajstić information content (AvgIpc) is 2.49. The largest absolute Gasteiger partial charge is 0.481 e. The monoisotopic (exact) mass is 209 g/mol. The van der Waals surface area contributed by atoms with Crippen LogP contribution in [0.15, 0.2) is 12.2 Å². The molecule has 2 rings (SSSR count). The van der Waals surface area contributed by atoms with Crippen molar-refractivity contribution < 1.29 is 9.90 Å². The minimum absolute atomic E-state index is 0.256. The number of aliphatic carboxylic acids is 1. The van der Waals surface area contributed by atoms with Crippen LogP contribution in [0, 0.1) is 17.8 Å². The normalized spacial score (nSPS) is 32.2. The summed E-state index contributed by atoms with van der Waals surface area (Å²) in [7, 11) is 0. The van der Waals surface area contributed by atoms with E-state index in [1.54, 1.807) is 0 Å². The third kappa shape index (κ3) is 2.07. The number of carbonyl (C=O) groups is 1. The van der Waals surface area contributed by atoms with Crippen LogP contribution in [0.25, 0.3) is 0 Å². The van der Waals surface area contributed by atoms with Gasteiger partial charge in [-0.2, -0.15) is 0 Å². The second-order valence-electron chi connectivity index (χ2n) is 5.09. The van der Waals surface area contributed by atoms with Crippen molar-refractivity contribution in [1.82, 2.24) is 4.90 Å². The number of hydrogen-bond acceptors (Lipinski definition) is 2. The fourth-order valence-corrected chi connectivity index (χ4v) is 2.37. The first-order valence-corrected chi connectivity index (χ1v) is 5.73. The van der Waals surface area contributed by atoms with Crippen LogP contribution in [0.1, 0.15) is 20.3 Å². The van der Waals surface area contributed by atoms with Crippen molar-refractivity contribution in [2.45, 2.75) is 26.3 Å². The minimum Gasteiger partial charge on any atom is -0.481 e. The molecule has 0 saturated carbocycles. The number of carboxylic acid groups (broad SMARTS) is 1. The average molecular weight is 209 g/mol. The summed E-state index contributed by atoms with van der Waals surface area (Å²) in [6.45, 7) is 6.79. The van der Waals surface area contributed by atoms with Crippen LogP contribution < -0.4 is 0 Å². The van der Waals surface area contributed by atoms with Gasteiger partial charge < -0.3 is 5.11 Å². The molecule has 84 valence electrons. The zero-order valence-electron chi connectivity index (χ0n) is 9.39. The second kappa shape index (κ2) is 3.97. The van der Waals surface area contributed by atoms with Crippen molar-refractivity contribution in [2.24, 2.45) is 17.8 Å². The maximum Gasteiger partial charge on any atom is 0.310 e. The maximum absolute atomic E-state index is 10.8. The Hall–Kier alpha value is -0.830. The molecule has 1 aliphatic carbocycles. The highest BCUT2D eigenvalue weighted by atomic mass is 16.4. The Morgan fingerprint density at radius 1 is 1.40 bits per heavy atom. The number of nitrogens with zero attached hydrogens (tertiary/aromatic N) is 1. The lowest BCUT2D eigenvalue weighted by molar-refractivity contribution is -0.140. The fourth-order valence-electron chi connectivity index (χ4n) is 2.37. The summed E-state index contributed by atoms with van der Waals surface area (Å²) in [5, 5.41) is 8.87. The van der Waals surface area contributed by atoms with Gasteiger partial charge in [-0.25, -0.2) is 0 Å². The van der Waals surface area contributed by atoms with Crippen LogP contribution in [0.5, 0.6) is 0 Å². The Labute approximate surface area is 90.8 Å². The van der Waals surface area contributed by atoms with Crippen molar-refractivity contribution in [3.8, 4) is 0 Å². The van der Waals surface area contributed by atoms with E-state index in [0.717, 1.165) is 31.3 Å². The highest BCUT2D eigenvalue weighted by Crippen LogP contribution is 2.31. The smallest absolute Gasteiger partial charge is 0.310 e. The van der Waals surface area contributed by atoms with E-state index in [4.69, 9.17) is 5.11 Å². The molecule has 3 heteroatoms. The first kappa shape index (κ1) is 10.7. The van der Waals surface area contributed by atoms with Crippen LogP contribution in [-0.2, 0) is 4.79 Å². The van der Waals surface area contributed by atoms with Gasteiger partial charge in [0.2, 0.25) is 0 Å². The highest BCUT2D eigenvalue weighted by Gasteiger charge is 2.36. The summed E-state index contributed by atoms with van der Waals surface area (Å²) in [5.74, 6) is 0.618. The summed E-state index contributed by atoms with van der Waals surface area (Å²) in [6.07, 6.45) is 4.67. The molecular formula is C12H19NO2. The first-order chi connectivity index (χ1) is 7.08. The maximum atomic E-state index is 10.8. The lowest BCUT2D eigenvalue weighted by Crippen LogP contribution is -2.53. The van der Waals surface area contributed by atoms with Crippen LogP contribution in [0.2, 0.25) is 0 Å². The fraction of sp³-hybridized carbons (Fsp3) is 0.750. The van der Waals surface area contributed by atoms with Crippen molar-refractivity contribution in [3.63, 3.8) is 0 Å². The van der Waals surface area contributed by atoms with E-state index in [2.05, 4.69) is 24.8 Å². The number of rotatable bonds is 3. The molecule has 1 heterocycles. The van der Waals surface area contributed by atoms with E-state index in [-0.39, 0.29) is 5.92 Å². The van der Waals surface area contributed by atoms with Gasteiger partial charge in [0.15, 0.2) is 0 Å². The molecule has 0 bridgehead atoms. The van der Waals surface area contributed by atoms with Crippen molar-refractivity contribution in [1.29, 1.82) is 0 Å². The molecule has 2 unspecified atom stereocenters. The highest BCUT2D eigenvalue weighted by molar-refractivity contribution is 5.73. The summed E-state index contributed by atoms with van der Waals surface area (Å²) < 4.78 is 0. The number of likely N-dealkylation sites (tertiary alicyclic amines) is 1. The molecule has 0 amide bonds. The van der Waals surface area contributed by atoms with Gasteiger partial charge in [-0.05, 0) is 18.3 Å². The molecule has 3 nitrogen and oxygen atoms in total. The number of hydrogen-bond donors (Lipinski definition) is 1. The Morgan fingerprint density at radius 3 is 2.53 bits per heavy atom. The summed E-state index contributed by atoms with van der Waals surface area (Å²) in [6, 6.07) is 0.376. The van der Waals surface area contributed by atoms with E-state index in [9.17, 15) is 4.79 Å². The van der Waals surface area contributed by atoms with Crippen molar-refractivity contribution >= 4 is 5.97 Å². The van der Waals surface area contributed by atoms with Crippen LogP contribution in [-0.4, -0.2) is 35.1 Å². The molecule has 15 heavy (non-hydrogen) atoms. The third-order valence-electron chi connectivity index (χ3n) is 3.73. The topological polar surface area (TPSA) is 40.5 Å². The van der Waals surface area contributed by atoms with Gasteiger partial charge in [-0.15, -0.1) is 0 Å². The van der Waals surface area contributed by atoms with Gasteiger partial charge in [0.1, 0.15) is 0 Å². The Morgan fingerprint density at radius 2 is 2.07 bits per heavy atom. The van der Waals surface area contributed by atoms with Crippen LogP contribution in [0.4, 0.5) is 0 Å². The van der Waals surface area contributed by atoms with Gasteiger partial charge in [-0.1, -0.05) is 26.0 Å². The van der Waals surface area contributed by atoms with Crippen molar-refractivity contribution in [2.75, 3.05) is 13.1 Å². The molecular weight excluding hydrogens is 190 g/mol. The second-order valence-corrected chi connectivity index (χ2v) is 5.09. The van der Waals surface area contributed by atoms with Crippen molar-refractivity contribution in [3.05, 3.63) is 12.2 Å². The molecule has 0 radical (unpaired) electrons. The Bertz CT molecular complexity index is 279. The quantitative estimate of drug-likeness (QED) is 0.718. The first-order valence-electron chi connectivity index (χ1n) is 5.73. The van der Waals surface area contributed by atoms with E-state index in [0.29, 0.717) is 6.04 Å². The zero-order valence-corrected chi connectivity index (χ0v) is 9.39. The van der Waals surface area contributed by atoms with E-state index in [1.807, 2.05) is 6.08 Å². The van der Waals surface area contributed by atoms with E-state index in [1.165, 1.54) is 0 Å². The molecule has 0 aromatic rings. The predicted molar refractivity (Wildman–Crippen MR) is 58.6 cm³/mol. The SMILES string of the molecule is CC(C)C1CN(C2C=CC(C(=O)O)C2)C1. The Balaban J connectivity index is 1.80. The summed E-state index contributed by atoms with van der Waals surface area (Å²) in [4.78, 5) is 13.2. The standard InChI is InChI=1S/C12H19NO2/c1-8(2)10-6-13(7-10)11-4-3-9(5-11)12(14)15/h3-4,8-11H,5-7H2,1-2H3,(H,14,15). The molecule has 1 aliphatic heterocycles. The molecule has 2 aliphatic rings. The van der Waals surface area contributed by atoms with E-state index < -0.39 is 5.97 Å². The molecule has 1 saturated heterocycles. The van der Waals surface area contributed by atoms with Gasteiger partial charge in [0.25, 0.3) is 0 Å². The van der Waals surface area contributed by atoms with Crippen LogP contribution >= 0.6 is 0 Å². The van der Waals surface area contributed by atoms with E-state index >= 15 is 0 Å². The Kier molecular flexibility index (Phi) is 2.83. The summed E-state index contributed by atoms with van der Waals surface area (Å²) in [5.41, 5.74) is 0. The molecule has 2 atom stereocenters. The zero-order chi connectivity index (χ0) is 11.0. The third-order valence-corrected chi connectivity index (χ3v) is 3.73. The summed E-state index contributed by atoms with van der Waals surface area (Å²) >= 11 is 0. The van der Waals surface area contributed by atoms with Gasteiger partial charge in [0.05, 0.1) is 5.92 Å². The number of carboxylic acids is 1. The molecule has 0 aromatic heterocycles. The van der Waals surface area contributed by atoms with Crippen LogP contribution in [0.3, 0.4) is 0 Å². The predicted octanol–water partition coefficient (Wildman–Crippen LogP) is 1.60. The molecule has 1 N–H and O–H groups in total. The van der Waals surface area contributed by atoms with Gasteiger partial charge >= 0.3 is 5.97 Å². The molecule has 0 aromatic carbocycles.